The van der Waals surface area contributed by atoms with E-state index in [1.54, 1.807) is 20.3 Å². The van der Waals surface area contributed by atoms with Gasteiger partial charge >= 0.3 is 5.97 Å². The Labute approximate surface area is 178 Å². The van der Waals surface area contributed by atoms with Gasteiger partial charge in [-0.05, 0) is 32.3 Å². The molecule has 1 aromatic carbocycles. The van der Waals surface area contributed by atoms with Gasteiger partial charge in [0, 0.05) is 29.0 Å². The van der Waals surface area contributed by atoms with Crippen molar-refractivity contribution in [3.63, 3.8) is 0 Å². The van der Waals surface area contributed by atoms with Gasteiger partial charge in [-0.1, -0.05) is 31.9 Å². The lowest BCUT2D eigenvalue weighted by Crippen LogP contribution is -2.34. The molecule has 2 aliphatic rings. The van der Waals surface area contributed by atoms with Crippen LogP contribution < -0.4 is 14.8 Å². The zero-order valence-corrected chi connectivity index (χ0v) is 18.3. The van der Waals surface area contributed by atoms with Crippen LogP contribution in [0.1, 0.15) is 63.9 Å². The van der Waals surface area contributed by atoms with Crippen LogP contribution in [0.4, 0.5) is 0 Å². The van der Waals surface area contributed by atoms with E-state index in [9.17, 15) is 9.59 Å². The fraction of sp³-hybridized carbons (Fsp3) is 0.500. The van der Waals surface area contributed by atoms with Crippen molar-refractivity contribution in [1.29, 1.82) is 0 Å². The highest BCUT2D eigenvalue weighted by atomic mass is 16.5. The van der Waals surface area contributed by atoms with Crippen LogP contribution in [0.25, 0.3) is 0 Å². The number of ether oxygens (including phenoxy) is 3. The van der Waals surface area contributed by atoms with Gasteiger partial charge < -0.3 is 19.5 Å². The molecule has 0 saturated heterocycles. The molecule has 1 aliphatic carbocycles. The number of methoxy groups -OCH3 is 2. The normalized spacial score (nSPS) is 18.7. The Bertz CT molecular complexity index is 884. The van der Waals surface area contributed by atoms with E-state index in [1.165, 1.54) is 0 Å². The van der Waals surface area contributed by atoms with Gasteiger partial charge in [0.2, 0.25) is 0 Å². The van der Waals surface area contributed by atoms with Crippen molar-refractivity contribution in [1.82, 2.24) is 5.32 Å². The molecule has 0 fully saturated rings. The van der Waals surface area contributed by atoms with Gasteiger partial charge in [-0.3, -0.25) is 4.79 Å². The number of ketones is 1. The molecule has 1 aliphatic heterocycles. The number of nitrogens with one attached hydrogen (secondary N) is 1. The van der Waals surface area contributed by atoms with Crippen molar-refractivity contribution >= 4 is 11.8 Å². The number of hydrogen-bond donors (Lipinski definition) is 1. The Kier molecular flexibility index (Phi) is 7.19. The second-order valence-electron chi connectivity index (χ2n) is 7.69. The van der Waals surface area contributed by atoms with E-state index in [0.29, 0.717) is 35.7 Å². The molecule has 0 radical (unpaired) electrons. The molecule has 1 aromatic rings. The molecule has 1 unspecified atom stereocenters. The van der Waals surface area contributed by atoms with Gasteiger partial charge in [0.1, 0.15) is 0 Å². The van der Waals surface area contributed by atoms with Crippen LogP contribution in [-0.4, -0.2) is 32.6 Å². The molecule has 3 rings (SSSR count). The van der Waals surface area contributed by atoms with Crippen LogP contribution in [0, 0.1) is 0 Å². The summed E-state index contributed by atoms with van der Waals surface area (Å²) < 4.78 is 16.7. The Morgan fingerprint density at radius 3 is 2.67 bits per heavy atom. The summed E-state index contributed by atoms with van der Waals surface area (Å²) in [4.78, 5) is 26.2. The van der Waals surface area contributed by atoms with Crippen LogP contribution in [0.3, 0.4) is 0 Å². The Balaban J connectivity index is 2.09. The van der Waals surface area contributed by atoms with E-state index in [1.807, 2.05) is 19.1 Å². The number of unbranched alkanes of at least 4 members (excludes halogenated alkanes) is 2. The number of carbonyl (C=O) groups is 2. The molecular weight excluding hydrogens is 382 g/mol. The molecule has 0 aromatic heterocycles. The van der Waals surface area contributed by atoms with E-state index in [-0.39, 0.29) is 5.78 Å². The lowest BCUT2D eigenvalue weighted by atomic mass is 9.75. The molecular formula is C24H31NO5. The smallest absolute Gasteiger partial charge is 0.336 e. The first-order valence-electron chi connectivity index (χ1n) is 10.7. The molecule has 0 amide bonds. The van der Waals surface area contributed by atoms with Gasteiger partial charge in [-0.2, -0.15) is 0 Å². The summed E-state index contributed by atoms with van der Waals surface area (Å²) in [5.41, 5.74) is 3.45. The molecule has 30 heavy (non-hydrogen) atoms. The summed E-state index contributed by atoms with van der Waals surface area (Å²) in [5.74, 6) is 0.213. The number of Topliss-reactive ketones (excluding diaryl/α,β-unsaturated/α-hetero) is 1. The molecule has 1 heterocycles. The number of carbonyl (C=O) groups excluding carboxylic acids is 2. The predicted octanol–water partition coefficient (Wildman–Crippen LogP) is 4.41. The Hall–Kier alpha value is -2.76. The second-order valence-corrected chi connectivity index (χ2v) is 7.69. The van der Waals surface area contributed by atoms with Gasteiger partial charge in [-0.15, -0.1) is 0 Å². The highest BCUT2D eigenvalue weighted by Crippen LogP contribution is 2.47. The van der Waals surface area contributed by atoms with Crippen molar-refractivity contribution in [2.24, 2.45) is 0 Å². The third kappa shape index (κ3) is 4.23. The zero-order chi connectivity index (χ0) is 21.7. The molecule has 0 saturated carbocycles. The van der Waals surface area contributed by atoms with E-state index in [4.69, 9.17) is 14.2 Å². The summed E-state index contributed by atoms with van der Waals surface area (Å²) in [6, 6.07) is 5.55. The number of hydrogen-bond acceptors (Lipinski definition) is 6. The van der Waals surface area contributed by atoms with Crippen molar-refractivity contribution in [2.45, 2.75) is 58.3 Å². The SMILES string of the molecule is CCCCCOC(=O)C1=C(C)NC2=C(C(=O)CCC2)C1c1cccc(OC)c1OC. The average Bonchev–Trinajstić information content (AvgIpc) is 2.75. The molecule has 6 nitrogen and oxygen atoms in total. The van der Waals surface area contributed by atoms with Crippen molar-refractivity contribution in [2.75, 3.05) is 20.8 Å². The Morgan fingerprint density at radius 2 is 1.97 bits per heavy atom. The van der Waals surface area contributed by atoms with Crippen molar-refractivity contribution < 1.29 is 23.8 Å². The number of rotatable bonds is 8. The standard InChI is InChI=1S/C24H31NO5/c1-5-6-7-14-30-24(27)20-15(2)25-17-11-9-12-18(26)22(17)21(20)16-10-8-13-19(28-3)23(16)29-4/h8,10,13,21,25H,5-7,9,11-12,14H2,1-4H3. The highest BCUT2D eigenvalue weighted by Gasteiger charge is 2.40. The molecule has 0 spiro atoms. The number of esters is 1. The maximum absolute atomic E-state index is 13.2. The number of allylic oxidation sites excluding steroid dienone is 3. The van der Waals surface area contributed by atoms with E-state index < -0.39 is 11.9 Å². The summed E-state index contributed by atoms with van der Waals surface area (Å²) in [7, 11) is 3.14. The third-order valence-corrected chi connectivity index (χ3v) is 5.72. The topological polar surface area (TPSA) is 73.9 Å². The maximum atomic E-state index is 13.2. The van der Waals surface area contributed by atoms with Gasteiger partial charge in [0.15, 0.2) is 17.3 Å². The van der Waals surface area contributed by atoms with E-state index in [2.05, 4.69) is 12.2 Å². The van der Waals surface area contributed by atoms with Crippen molar-refractivity contribution in [3.05, 3.63) is 46.3 Å². The van der Waals surface area contributed by atoms with Crippen LogP contribution >= 0.6 is 0 Å². The third-order valence-electron chi connectivity index (χ3n) is 5.72. The monoisotopic (exact) mass is 413 g/mol. The molecule has 1 atom stereocenters. The molecule has 162 valence electrons. The maximum Gasteiger partial charge on any atom is 0.336 e. The molecule has 0 bridgehead atoms. The summed E-state index contributed by atoms with van der Waals surface area (Å²) in [5, 5.41) is 3.31. The average molecular weight is 414 g/mol. The number of benzene rings is 1. The van der Waals surface area contributed by atoms with Crippen LogP contribution in [0.5, 0.6) is 11.5 Å². The molecule has 6 heteroatoms. The molecule has 1 N–H and O–H groups in total. The van der Waals surface area contributed by atoms with Gasteiger partial charge in [0.25, 0.3) is 0 Å². The van der Waals surface area contributed by atoms with Crippen LogP contribution in [-0.2, 0) is 14.3 Å². The largest absolute Gasteiger partial charge is 0.493 e. The van der Waals surface area contributed by atoms with Gasteiger partial charge in [-0.25, -0.2) is 4.79 Å². The number of dihydropyridines is 1. The predicted molar refractivity (Wildman–Crippen MR) is 114 cm³/mol. The van der Waals surface area contributed by atoms with Gasteiger partial charge in [0.05, 0.1) is 32.3 Å². The van der Waals surface area contributed by atoms with Crippen LogP contribution in [0.15, 0.2) is 40.7 Å². The van der Waals surface area contributed by atoms with Crippen LogP contribution in [0.2, 0.25) is 0 Å². The zero-order valence-electron chi connectivity index (χ0n) is 18.3. The minimum Gasteiger partial charge on any atom is -0.493 e. The first-order chi connectivity index (χ1) is 14.5. The first-order valence-corrected chi connectivity index (χ1v) is 10.7. The van der Waals surface area contributed by atoms with E-state index >= 15 is 0 Å². The second kappa shape index (κ2) is 9.83. The fourth-order valence-corrected chi connectivity index (χ4v) is 4.30. The first kappa shape index (κ1) is 21.9. The summed E-state index contributed by atoms with van der Waals surface area (Å²) in [6.07, 6.45) is 4.93. The minimum absolute atomic E-state index is 0.0578. The van der Waals surface area contributed by atoms with Crippen molar-refractivity contribution in [3.8, 4) is 11.5 Å². The lowest BCUT2D eigenvalue weighted by molar-refractivity contribution is -0.139. The Morgan fingerprint density at radius 1 is 1.17 bits per heavy atom. The highest BCUT2D eigenvalue weighted by molar-refractivity contribution is 6.04. The van der Waals surface area contributed by atoms with E-state index in [0.717, 1.165) is 49.1 Å². The quantitative estimate of drug-likeness (QED) is 0.503. The fourth-order valence-electron chi connectivity index (χ4n) is 4.30. The minimum atomic E-state index is -0.544. The summed E-state index contributed by atoms with van der Waals surface area (Å²) >= 11 is 0. The lowest BCUT2D eigenvalue weighted by Gasteiger charge is -2.34. The number of para-hydroxylation sites is 1. The summed E-state index contributed by atoms with van der Waals surface area (Å²) in [6.45, 7) is 4.34.